The monoisotopic (exact) mass is 905 g/mol. The van der Waals surface area contributed by atoms with E-state index in [-0.39, 0.29) is 31.1 Å². The molecule has 64 heavy (non-hydrogen) atoms. The van der Waals surface area contributed by atoms with Crippen LogP contribution in [0.2, 0.25) is 0 Å². The molecule has 0 radical (unpaired) electrons. The third-order valence-corrected chi connectivity index (χ3v) is 13.3. The molecule has 380 valence electrons. The van der Waals surface area contributed by atoms with E-state index in [9.17, 15) is 14.4 Å². The lowest BCUT2D eigenvalue weighted by molar-refractivity contribution is -0.167. The maximum atomic E-state index is 12.8. The summed E-state index contributed by atoms with van der Waals surface area (Å²) in [5, 5.41) is 0. The highest BCUT2D eigenvalue weighted by atomic mass is 16.6. The summed E-state index contributed by atoms with van der Waals surface area (Å²) in [6.45, 7) is 9.06. The molecule has 0 saturated heterocycles. The van der Waals surface area contributed by atoms with Gasteiger partial charge in [-0.25, -0.2) is 0 Å². The van der Waals surface area contributed by atoms with E-state index in [4.69, 9.17) is 14.2 Å². The lowest BCUT2D eigenvalue weighted by atomic mass is 10.0. The molecular formula is C58H112O6. The second-order valence-electron chi connectivity index (χ2n) is 20.4. The van der Waals surface area contributed by atoms with Crippen LogP contribution in [0.3, 0.4) is 0 Å². The molecule has 0 saturated carbocycles. The van der Waals surface area contributed by atoms with Gasteiger partial charge in [0, 0.05) is 19.3 Å². The molecule has 0 aliphatic heterocycles. The van der Waals surface area contributed by atoms with Gasteiger partial charge in [-0.3, -0.25) is 14.4 Å². The van der Waals surface area contributed by atoms with Gasteiger partial charge in [0.2, 0.25) is 0 Å². The van der Waals surface area contributed by atoms with E-state index < -0.39 is 6.10 Å². The van der Waals surface area contributed by atoms with Crippen LogP contribution in [-0.4, -0.2) is 37.2 Å². The molecule has 1 atom stereocenters. The Bertz CT molecular complexity index is 964. The van der Waals surface area contributed by atoms with Gasteiger partial charge in [-0.15, -0.1) is 0 Å². The summed E-state index contributed by atoms with van der Waals surface area (Å²) in [5.41, 5.74) is 0. The van der Waals surface area contributed by atoms with Crippen LogP contribution in [0, 0.1) is 5.92 Å². The highest BCUT2D eigenvalue weighted by Gasteiger charge is 2.19. The number of carbonyl (C=O) groups is 3. The average molecular weight is 906 g/mol. The van der Waals surface area contributed by atoms with Crippen molar-refractivity contribution in [1.82, 2.24) is 0 Å². The molecule has 0 fully saturated rings. The van der Waals surface area contributed by atoms with Gasteiger partial charge in [0.25, 0.3) is 0 Å². The topological polar surface area (TPSA) is 78.9 Å². The maximum absolute atomic E-state index is 12.8. The van der Waals surface area contributed by atoms with Crippen LogP contribution in [0.25, 0.3) is 0 Å². The fourth-order valence-electron chi connectivity index (χ4n) is 8.92. The van der Waals surface area contributed by atoms with Crippen molar-refractivity contribution in [3.8, 4) is 0 Å². The minimum absolute atomic E-state index is 0.0619. The Labute approximate surface area is 399 Å². The average Bonchev–Trinajstić information content (AvgIpc) is 3.28. The van der Waals surface area contributed by atoms with Crippen LogP contribution in [-0.2, 0) is 28.6 Å². The maximum Gasteiger partial charge on any atom is 0.306 e. The van der Waals surface area contributed by atoms with Crippen LogP contribution < -0.4 is 0 Å². The van der Waals surface area contributed by atoms with Gasteiger partial charge in [-0.05, 0) is 25.2 Å². The molecule has 0 aromatic heterocycles. The number of hydrogen-bond acceptors (Lipinski definition) is 6. The molecule has 0 amide bonds. The number of unbranched alkanes of at least 4 members (excludes halogenated alkanes) is 40. The predicted molar refractivity (Wildman–Crippen MR) is 275 cm³/mol. The van der Waals surface area contributed by atoms with Crippen LogP contribution in [0.1, 0.15) is 329 Å². The lowest BCUT2D eigenvalue weighted by Crippen LogP contribution is -2.30. The zero-order valence-electron chi connectivity index (χ0n) is 43.8. The first-order chi connectivity index (χ1) is 31.4. The molecule has 0 spiro atoms. The first-order valence-corrected chi connectivity index (χ1v) is 28.9. The molecule has 0 bridgehead atoms. The molecule has 0 N–H and O–H groups in total. The molecule has 6 nitrogen and oxygen atoms in total. The van der Waals surface area contributed by atoms with Crippen molar-refractivity contribution in [3.05, 3.63) is 0 Å². The van der Waals surface area contributed by atoms with Gasteiger partial charge >= 0.3 is 17.9 Å². The summed E-state index contributed by atoms with van der Waals surface area (Å²) in [4.78, 5) is 38.1. The van der Waals surface area contributed by atoms with Gasteiger partial charge in [0.1, 0.15) is 13.2 Å². The summed E-state index contributed by atoms with van der Waals surface area (Å²) in [5.74, 6) is 0.00811. The zero-order chi connectivity index (χ0) is 46.7. The minimum Gasteiger partial charge on any atom is -0.462 e. The largest absolute Gasteiger partial charge is 0.462 e. The fraction of sp³-hybridized carbons (Fsp3) is 0.948. The molecule has 0 aliphatic rings. The van der Waals surface area contributed by atoms with Crippen LogP contribution in [0.15, 0.2) is 0 Å². The van der Waals surface area contributed by atoms with E-state index in [1.165, 1.54) is 225 Å². The van der Waals surface area contributed by atoms with Gasteiger partial charge in [0.05, 0.1) is 0 Å². The van der Waals surface area contributed by atoms with E-state index in [0.29, 0.717) is 19.3 Å². The Morgan fingerprint density at radius 2 is 0.516 bits per heavy atom. The van der Waals surface area contributed by atoms with Crippen molar-refractivity contribution < 1.29 is 28.6 Å². The Hall–Kier alpha value is -1.59. The molecule has 0 heterocycles. The van der Waals surface area contributed by atoms with Crippen molar-refractivity contribution in [3.63, 3.8) is 0 Å². The van der Waals surface area contributed by atoms with Crippen LogP contribution in [0.4, 0.5) is 0 Å². The Morgan fingerprint density at radius 1 is 0.297 bits per heavy atom. The standard InChI is InChI=1S/C58H112O6/c1-5-7-9-11-13-15-17-18-19-20-21-22-26-30-33-37-41-45-49-56(59)62-52-55(64-58(61)51-47-43-39-35-28-16-14-12-10-8-6-2)53-63-57(60)50-46-42-38-34-31-27-24-23-25-29-32-36-40-44-48-54(3)4/h54-55H,5-53H2,1-4H3/t55-/m0/s1. The Balaban J connectivity index is 4.23. The molecular weight excluding hydrogens is 793 g/mol. The van der Waals surface area contributed by atoms with Crippen molar-refractivity contribution in [2.24, 2.45) is 5.92 Å². The Morgan fingerprint density at radius 3 is 0.766 bits per heavy atom. The second-order valence-corrected chi connectivity index (χ2v) is 20.4. The molecule has 6 heteroatoms. The summed E-state index contributed by atoms with van der Waals surface area (Å²) in [6.07, 6.45) is 56.7. The number of ether oxygens (including phenoxy) is 3. The number of rotatable bonds is 53. The van der Waals surface area contributed by atoms with E-state index in [1.54, 1.807) is 0 Å². The summed E-state index contributed by atoms with van der Waals surface area (Å²) in [7, 11) is 0. The van der Waals surface area contributed by atoms with E-state index >= 15 is 0 Å². The molecule has 0 unspecified atom stereocenters. The predicted octanol–water partition coefficient (Wildman–Crippen LogP) is 19.0. The third-order valence-electron chi connectivity index (χ3n) is 13.3. The first kappa shape index (κ1) is 62.4. The normalized spacial score (nSPS) is 12.0. The van der Waals surface area contributed by atoms with Crippen LogP contribution in [0.5, 0.6) is 0 Å². The minimum atomic E-state index is -0.761. The smallest absolute Gasteiger partial charge is 0.306 e. The number of hydrogen-bond donors (Lipinski definition) is 0. The van der Waals surface area contributed by atoms with Gasteiger partial charge in [-0.1, -0.05) is 291 Å². The molecule has 0 aromatic rings. The molecule has 0 aromatic carbocycles. The molecule has 0 rings (SSSR count). The molecule has 0 aliphatic carbocycles. The number of carbonyl (C=O) groups excluding carboxylic acids is 3. The van der Waals surface area contributed by atoms with E-state index in [2.05, 4.69) is 27.7 Å². The van der Waals surface area contributed by atoms with Gasteiger partial charge in [-0.2, -0.15) is 0 Å². The second kappa shape index (κ2) is 52.4. The summed E-state index contributed by atoms with van der Waals surface area (Å²) in [6, 6.07) is 0. The highest BCUT2D eigenvalue weighted by Crippen LogP contribution is 2.18. The number of esters is 3. The van der Waals surface area contributed by atoms with Crippen molar-refractivity contribution >= 4 is 17.9 Å². The summed E-state index contributed by atoms with van der Waals surface area (Å²) >= 11 is 0. The highest BCUT2D eigenvalue weighted by molar-refractivity contribution is 5.71. The van der Waals surface area contributed by atoms with E-state index in [1.807, 2.05) is 0 Å². The van der Waals surface area contributed by atoms with Crippen LogP contribution >= 0.6 is 0 Å². The van der Waals surface area contributed by atoms with Crippen molar-refractivity contribution in [2.45, 2.75) is 336 Å². The quantitative estimate of drug-likeness (QED) is 0.0344. The van der Waals surface area contributed by atoms with Gasteiger partial charge < -0.3 is 14.2 Å². The Kier molecular flexibility index (Phi) is 51.1. The van der Waals surface area contributed by atoms with Gasteiger partial charge in [0.15, 0.2) is 6.10 Å². The summed E-state index contributed by atoms with van der Waals surface area (Å²) < 4.78 is 16.9. The van der Waals surface area contributed by atoms with Crippen molar-refractivity contribution in [2.75, 3.05) is 13.2 Å². The lowest BCUT2D eigenvalue weighted by Gasteiger charge is -2.18. The SMILES string of the molecule is CCCCCCCCCCCCCCCCCCCCC(=O)OC[C@@H](COC(=O)CCCCCCCCCCCCCCCCC(C)C)OC(=O)CCCCCCCCCCCCC. The third kappa shape index (κ3) is 51.4. The zero-order valence-corrected chi connectivity index (χ0v) is 43.8. The van der Waals surface area contributed by atoms with E-state index in [0.717, 1.165) is 63.7 Å². The fourth-order valence-corrected chi connectivity index (χ4v) is 8.92. The van der Waals surface area contributed by atoms with Crippen molar-refractivity contribution in [1.29, 1.82) is 0 Å². The first-order valence-electron chi connectivity index (χ1n) is 28.9.